The van der Waals surface area contributed by atoms with Crippen LogP contribution in [-0.4, -0.2) is 30.3 Å². The van der Waals surface area contributed by atoms with Gasteiger partial charge in [-0.2, -0.15) is 0 Å². The number of nitrogen functional groups attached to an aromatic ring is 1. The van der Waals surface area contributed by atoms with Crippen LogP contribution in [0.4, 0.5) is 5.69 Å². The predicted octanol–water partition coefficient (Wildman–Crippen LogP) is 1.95. The fourth-order valence-corrected chi connectivity index (χ4v) is 2.99. The third-order valence-electron chi connectivity index (χ3n) is 4.15. The molecule has 5 heteroatoms. The summed E-state index contributed by atoms with van der Waals surface area (Å²) in [4.78, 5) is 12.2. The van der Waals surface area contributed by atoms with E-state index in [4.69, 9.17) is 10.5 Å². The molecule has 1 aromatic carbocycles. The van der Waals surface area contributed by atoms with Crippen LogP contribution in [0.25, 0.3) is 0 Å². The number of methoxy groups -OCH3 is 1. The van der Waals surface area contributed by atoms with Crippen molar-refractivity contribution in [3.63, 3.8) is 0 Å². The van der Waals surface area contributed by atoms with Gasteiger partial charge in [-0.3, -0.25) is 4.79 Å². The summed E-state index contributed by atoms with van der Waals surface area (Å²) in [6.07, 6.45) is 3.58. The van der Waals surface area contributed by atoms with Gasteiger partial charge in [-0.05, 0) is 37.0 Å². The Hall–Kier alpha value is -1.75. The SMILES string of the molecule is COc1ccc(N)c(C(=O)NCC2(O)CCCC(C)C2)c1. The average molecular weight is 292 g/mol. The fraction of sp³-hybridized carbons (Fsp3) is 0.562. The minimum absolute atomic E-state index is 0.257. The van der Waals surface area contributed by atoms with Crippen LogP contribution in [0.5, 0.6) is 5.75 Å². The van der Waals surface area contributed by atoms with Crippen LogP contribution >= 0.6 is 0 Å². The number of nitrogens with one attached hydrogen (secondary N) is 1. The van der Waals surface area contributed by atoms with Gasteiger partial charge in [0.25, 0.3) is 5.91 Å². The highest BCUT2D eigenvalue weighted by atomic mass is 16.5. The van der Waals surface area contributed by atoms with Gasteiger partial charge >= 0.3 is 0 Å². The summed E-state index contributed by atoms with van der Waals surface area (Å²) in [5, 5.41) is 13.3. The molecule has 2 rings (SSSR count). The van der Waals surface area contributed by atoms with Gasteiger partial charge in [-0.15, -0.1) is 0 Å². The molecule has 0 aliphatic heterocycles. The molecule has 5 nitrogen and oxygen atoms in total. The topological polar surface area (TPSA) is 84.6 Å². The van der Waals surface area contributed by atoms with E-state index in [2.05, 4.69) is 12.2 Å². The maximum atomic E-state index is 12.2. The van der Waals surface area contributed by atoms with Crippen LogP contribution < -0.4 is 15.8 Å². The molecule has 2 unspecified atom stereocenters. The van der Waals surface area contributed by atoms with Crippen LogP contribution in [-0.2, 0) is 0 Å². The first kappa shape index (κ1) is 15.6. The zero-order valence-electron chi connectivity index (χ0n) is 12.7. The lowest BCUT2D eigenvalue weighted by Gasteiger charge is -2.35. The van der Waals surface area contributed by atoms with Crippen LogP contribution in [0.1, 0.15) is 43.0 Å². The lowest BCUT2D eigenvalue weighted by atomic mass is 9.79. The standard InChI is InChI=1S/C16H24N2O3/c1-11-4-3-7-16(20,9-11)10-18-15(19)13-8-12(21-2)5-6-14(13)17/h5-6,8,11,20H,3-4,7,9-10,17H2,1-2H3,(H,18,19). The lowest BCUT2D eigenvalue weighted by Crippen LogP contribution is -2.45. The first-order valence-electron chi connectivity index (χ1n) is 7.37. The number of amides is 1. The van der Waals surface area contributed by atoms with E-state index in [9.17, 15) is 9.90 Å². The Labute approximate surface area is 125 Å². The van der Waals surface area contributed by atoms with Crippen LogP contribution in [0.2, 0.25) is 0 Å². The number of carbonyl (C=O) groups is 1. The average Bonchev–Trinajstić information content (AvgIpc) is 2.45. The highest BCUT2D eigenvalue weighted by Gasteiger charge is 2.33. The Bertz CT molecular complexity index is 518. The summed E-state index contributed by atoms with van der Waals surface area (Å²) in [6, 6.07) is 4.96. The van der Waals surface area contributed by atoms with Gasteiger partial charge in [-0.1, -0.05) is 19.8 Å². The number of hydrogen-bond donors (Lipinski definition) is 3. The minimum atomic E-state index is -0.805. The van der Waals surface area contributed by atoms with Crippen molar-refractivity contribution >= 4 is 11.6 Å². The van der Waals surface area contributed by atoms with Crippen molar-refractivity contribution in [1.82, 2.24) is 5.32 Å². The summed E-state index contributed by atoms with van der Waals surface area (Å²) in [5.74, 6) is 0.792. The van der Waals surface area contributed by atoms with E-state index in [1.807, 2.05) is 0 Å². The number of ether oxygens (including phenoxy) is 1. The van der Waals surface area contributed by atoms with Crippen LogP contribution in [0, 0.1) is 5.92 Å². The van der Waals surface area contributed by atoms with Gasteiger partial charge in [0, 0.05) is 12.2 Å². The Morgan fingerprint density at radius 2 is 2.33 bits per heavy atom. The summed E-state index contributed by atoms with van der Waals surface area (Å²) in [6.45, 7) is 2.39. The number of aliphatic hydroxyl groups is 1. The number of anilines is 1. The number of carbonyl (C=O) groups excluding carboxylic acids is 1. The molecule has 1 aliphatic rings. The molecule has 0 spiro atoms. The van der Waals surface area contributed by atoms with E-state index >= 15 is 0 Å². The lowest BCUT2D eigenvalue weighted by molar-refractivity contribution is -0.0109. The molecule has 1 saturated carbocycles. The molecule has 1 amide bonds. The Morgan fingerprint density at radius 3 is 3.00 bits per heavy atom. The maximum absolute atomic E-state index is 12.2. The molecule has 0 bridgehead atoms. The summed E-state index contributed by atoms with van der Waals surface area (Å²) in [5.41, 5.74) is 5.80. The molecule has 4 N–H and O–H groups in total. The zero-order chi connectivity index (χ0) is 15.5. The third kappa shape index (κ3) is 3.88. The van der Waals surface area contributed by atoms with Gasteiger partial charge in [0.05, 0.1) is 18.3 Å². The van der Waals surface area contributed by atoms with Crippen LogP contribution in [0.15, 0.2) is 18.2 Å². The molecule has 116 valence electrons. The van der Waals surface area contributed by atoms with E-state index < -0.39 is 5.60 Å². The monoisotopic (exact) mass is 292 g/mol. The molecule has 0 heterocycles. The first-order valence-corrected chi connectivity index (χ1v) is 7.37. The van der Waals surface area contributed by atoms with Gasteiger partial charge < -0.3 is 20.9 Å². The van der Waals surface area contributed by atoms with E-state index in [1.165, 1.54) is 0 Å². The van der Waals surface area contributed by atoms with Crippen molar-refractivity contribution in [2.24, 2.45) is 5.92 Å². The molecule has 1 aromatic rings. The van der Waals surface area contributed by atoms with E-state index in [0.29, 0.717) is 22.9 Å². The molecule has 1 aliphatic carbocycles. The predicted molar refractivity (Wildman–Crippen MR) is 82.3 cm³/mol. The quantitative estimate of drug-likeness (QED) is 0.741. The van der Waals surface area contributed by atoms with E-state index in [0.717, 1.165) is 25.7 Å². The second-order valence-electron chi connectivity index (χ2n) is 6.06. The Morgan fingerprint density at radius 1 is 1.57 bits per heavy atom. The van der Waals surface area contributed by atoms with Crippen molar-refractivity contribution < 1.29 is 14.6 Å². The smallest absolute Gasteiger partial charge is 0.253 e. The maximum Gasteiger partial charge on any atom is 0.253 e. The normalized spacial score (nSPS) is 25.4. The third-order valence-corrected chi connectivity index (χ3v) is 4.15. The minimum Gasteiger partial charge on any atom is -0.497 e. The molecule has 1 fully saturated rings. The molecular formula is C16H24N2O3. The molecule has 0 radical (unpaired) electrons. The van der Waals surface area contributed by atoms with Gasteiger partial charge in [0.1, 0.15) is 5.75 Å². The highest BCUT2D eigenvalue weighted by molar-refractivity contribution is 5.99. The first-order chi connectivity index (χ1) is 9.93. The Balaban J connectivity index is 2.01. The van der Waals surface area contributed by atoms with Crippen LogP contribution in [0.3, 0.4) is 0 Å². The summed E-state index contributed by atoms with van der Waals surface area (Å²) >= 11 is 0. The van der Waals surface area contributed by atoms with Gasteiger partial charge in [0.15, 0.2) is 0 Å². The summed E-state index contributed by atoms with van der Waals surface area (Å²) < 4.78 is 5.10. The second-order valence-corrected chi connectivity index (χ2v) is 6.06. The largest absolute Gasteiger partial charge is 0.497 e. The molecule has 0 saturated heterocycles. The molecular weight excluding hydrogens is 268 g/mol. The van der Waals surface area contributed by atoms with E-state index in [1.54, 1.807) is 25.3 Å². The fourth-order valence-electron chi connectivity index (χ4n) is 2.99. The second kappa shape index (κ2) is 6.35. The van der Waals surface area contributed by atoms with Gasteiger partial charge in [0.2, 0.25) is 0 Å². The number of rotatable bonds is 4. The Kier molecular flexibility index (Phi) is 4.73. The number of nitrogens with two attached hydrogens (primary N) is 1. The van der Waals surface area contributed by atoms with Crippen molar-refractivity contribution in [2.45, 2.75) is 38.2 Å². The highest BCUT2D eigenvalue weighted by Crippen LogP contribution is 2.31. The molecule has 21 heavy (non-hydrogen) atoms. The summed E-state index contributed by atoms with van der Waals surface area (Å²) in [7, 11) is 1.54. The van der Waals surface area contributed by atoms with Gasteiger partial charge in [-0.25, -0.2) is 0 Å². The van der Waals surface area contributed by atoms with Crippen molar-refractivity contribution in [1.29, 1.82) is 0 Å². The van der Waals surface area contributed by atoms with Crippen molar-refractivity contribution in [3.05, 3.63) is 23.8 Å². The van der Waals surface area contributed by atoms with Crippen molar-refractivity contribution in [2.75, 3.05) is 19.4 Å². The number of benzene rings is 1. The van der Waals surface area contributed by atoms with E-state index in [-0.39, 0.29) is 12.5 Å². The molecule has 0 aromatic heterocycles. The van der Waals surface area contributed by atoms with Crippen molar-refractivity contribution in [3.8, 4) is 5.75 Å². The molecule has 2 atom stereocenters. The number of hydrogen-bond acceptors (Lipinski definition) is 4. The zero-order valence-corrected chi connectivity index (χ0v) is 12.7.